The minimum Gasteiger partial charge on any atom is -0.481 e. The van der Waals surface area contributed by atoms with Crippen LogP contribution in [0.2, 0.25) is 0 Å². The van der Waals surface area contributed by atoms with Crippen LogP contribution in [0.5, 0.6) is 0 Å². The molecular formula is C21H32N8O8. The highest BCUT2D eigenvalue weighted by atomic mass is 16.5. The molecule has 4 atom stereocenters. The molecule has 37 heavy (non-hydrogen) atoms. The summed E-state index contributed by atoms with van der Waals surface area (Å²) in [5.74, 6) is -4.11. The number of carbonyl (C=O) groups is 6. The smallest absolute Gasteiger partial charge is 0.303 e. The molecule has 1 aliphatic rings. The van der Waals surface area contributed by atoms with Gasteiger partial charge in [-0.1, -0.05) is 25.5 Å². The molecule has 1 saturated heterocycles. The van der Waals surface area contributed by atoms with Crippen molar-refractivity contribution in [2.45, 2.75) is 71.2 Å². The van der Waals surface area contributed by atoms with Gasteiger partial charge >= 0.3 is 11.9 Å². The number of aliphatic carboxylic acids is 1. The Kier molecular flexibility index (Phi) is 10.9. The summed E-state index contributed by atoms with van der Waals surface area (Å²) in [5.41, 5.74) is 0. The fourth-order valence-electron chi connectivity index (χ4n) is 3.73. The normalized spacial score (nSPS) is 18.4. The van der Waals surface area contributed by atoms with Crippen LogP contribution in [0.3, 0.4) is 0 Å². The number of amides is 4. The van der Waals surface area contributed by atoms with Crippen LogP contribution in [0.4, 0.5) is 0 Å². The third-order valence-corrected chi connectivity index (χ3v) is 5.82. The van der Waals surface area contributed by atoms with Crippen molar-refractivity contribution >= 4 is 35.6 Å². The first-order chi connectivity index (χ1) is 17.5. The van der Waals surface area contributed by atoms with Crippen LogP contribution in [0.25, 0.3) is 0 Å². The molecule has 0 spiro atoms. The van der Waals surface area contributed by atoms with E-state index in [1.807, 2.05) is 6.92 Å². The lowest BCUT2D eigenvalue weighted by Gasteiger charge is -2.26. The number of nitrogens with one attached hydrogen (secondary N) is 4. The predicted octanol–water partition coefficient (Wildman–Crippen LogP) is -2.14. The number of esters is 1. The van der Waals surface area contributed by atoms with Gasteiger partial charge < -0.3 is 30.7 Å². The third kappa shape index (κ3) is 9.12. The molecule has 1 aromatic rings. The summed E-state index contributed by atoms with van der Waals surface area (Å²) in [6.07, 6.45) is -0.787. The topological polar surface area (TPSA) is 226 Å². The second kappa shape index (κ2) is 13.8. The van der Waals surface area contributed by atoms with Gasteiger partial charge in [0.25, 0.3) is 0 Å². The van der Waals surface area contributed by atoms with Crippen LogP contribution in [0, 0.1) is 5.92 Å². The third-order valence-electron chi connectivity index (χ3n) is 5.82. The van der Waals surface area contributed by atoms with E-state index in [4.69, 9.17) is 9.84 Å². The average Bonchev–Trinajstić information content (AvgIpc) is 3.52. The van der Waals surface area contributed by atoms with Gasteiger partial charge in [0.1, 0.15) is 18.2 Å². The molecule has 0 aliphatic carbocycles. The molecule has 1 aromatic heterocycles. The minimum atomic E-state index is -1.14. The lowest BCUT2D eigenvalue weighted by Crippen LogP contribution is -2.53. The van der Waals surface area contributed by atoms with Crippen LogP contribution < -0.4 is 16.0 Å². The minimum absolute atomic E-state index is 0.0407. The van der Waals surface area contributed by atoms with Gasteiger partial charge in [-0.15, -0.1) is 10.2 Å². The maximum Gasteiger partial charge on any atom is 0.303 e. The lowest BCUT2D eigenvalue weighted by atomic mass is 9.98. The van der Waals surface area contributed by atoms with Crippen LogP contribution >= 0.6 is 0 Å². The molecule has 16 heteroatoms. The fourth-order valence-corrected chi connectivity index (χ4v) is 3.73. The number of H-pyrrole nitrogens is 1. The molecule has 204 valence electrons. The van der Waals surface area contributed by atoms with Gasteiger partial charge in [0.15, 0.2) is 5.82 Å². The first-order valence-corrected chi connectivity index (χ1v) is 11.8. The second-order valence-electron chi connectivity index (χ2n) is 8.62. The highest BCUT2D eigenvalue weighted by Gasteiger charge is 2.41. The summed E-state index contributed by atoms with van der Waals surface area (Å²) in [7, 11) is 0. The number of nitrogens with zero attached hydrogens (tertiary/aromatic N) is 4. The maximum absolute atomic E-state index is 13.0. The van der Waals surface area contributed by atoms with Crippen molar-refractivity contribution in [3.8, 4) is 0 Å². The van der Waals surface area contributed by atoms with E-state index in [0.29, 0.717) is 6.42 Å². The first kappa shape index (κ1) is 29.1. The van der Waals surface area contributed by atoms with E-state index in [1.54, 1.807) is 6.92 Å². The molecule has 2 rings (SSSR count). The van der Waals surface area contributed by atoms with Gasteiger partial charge in [0, 0.05) is 19.8 Å². The van der Waals surface area contributed by atoms with Gasteiger partial charge in [-0.3, -0.25) is 28.8 Å². The standard InChI is InChI=1S/C21H32N8O8/c1-4-11(2)19(24-16(31)5-6-18(33)34)21(36)23-9-17(32)29-10-13(37-12(3)30)7-14(29)20(35)22-8-15-25-27-28-26-15/h11,13-14,19H,4-10H2,1-3H3,(H,22,35)(H,23,36)(H,24,31)(H,33,34)(H,25,26,27,28)/t11-,13+,14-,19-/m0/s1. The monoisotopic (exact) mass is 524 g/mol. The zero-order valence-electron chi connectivity index (χ0n) is 20.9. The molecule has 0 saturated carbocycles. The molecule has 1 fully saturated rings. The van der Waals surface area contributed by atoms with E-state index >= 15 is 0 Å². The number of carboxylic acid groups (broad SMARTS) is 1. The van der Waals surface area contributed by atoms with Gasteiger partial charge in [-0.25, -0.2) is 0 Å². The molecule has 0 bridgehead atoms. The van der Waals surface area contributed by atoms with E-state index in [1.165, 1.54) is 11.8 Å². The van der Waals surface area contributed by atoms with E-state index < -0.39 is 60.3 Å². The number of hydrogen-bond donors (Lipinski definition) is 5. The maximum atomic E-state index is 13.0. The second-order valence-corrected chi connectivity index (χ2v) is 8.62. The summed E-state index contributed by atoms with van der Waals surface area (Å²) in [4.78, 5) is 74.0. The van der Waals surface area contributed by atoms with Crippen LogP contribution in [-0.4, -0.2) is 97.5 Å². The summed E-state index contributed by atoms with van der Waals surface area (Å²) < 4.78 is 5.19. The zero-order valence-corrected chi connectivity index (χ0v) is 20.9. The average molecular weight is 525 g/mol. The number of hydrogen-bond acceptors (Lipinski definition) is 10. The molecule has 0 unspecified atom stereocenters. The molecule has 16 nitrogen and oxygen atoms in total. The summed E-state index contributed by atoms with van der Waals surface area (Å²) >= 11 is 0. The van der Waals surface area contributed by atoms with Crippen LogP contribution in [0.15, 0.2) is 0 Å². The summed E-state index contributed by atoms with van der Waals surface area (Å²) in [5, 5.41) is 29.5. The molecule has 0 aromatic carbocycles. The molecule has 1 aliphatic heterocycles. The van der Waals surface area contributed by atoms with Crippen molar-refractivity contribution < 1.29 is 38.6 Å². The Morgan fingerprint density at radius 2 is 1.92 bits per heavy atom. The van der Waals surface area contributed by atoms with Crippen molar-refractivity contribution in [1.82, 2.24) is 41.5 Å². The Bertz CT molecular complexity index is 985. The van der Waals surface area contributed by atoms with Crippen molar-refractivity contribution in [1.29, 1.82) is 0 Å². The molecule has 2 heterocycles. The van der Waals surface area contributed by atoms with Gasteiger partial charge in [0.2, 0.25) is 23.6 Å². The summed E-state index contributed by atoms with van der Waals surface area (Å²) in [6, 6.07) is -1.96. The number of likely N-dealkylation sites (tertiary alicyclic amines) is 1. The van der Waals surface area contributed by atoms with E-state index in [-0.39, 0.29) is 44.1 Å². The molecule has 5 N–H and O–H groups in total. The highest BCUT2D eigenvalue weighted by Crippen LogP contribution is 2.21. The number of carboxylic acids is 1. The molecular weight excluding hydrogens is 492 g/mol. The molecule has 0 radical (unpaired) electrons. The number of aromatic nitrogens is 4. The Balaban J connectivity index is 2.02. The Labute approximate surface area is 212 Å². The van der Waals surface area contributed by atoms with Gasteiger partial charge in [-0.2, -0.15) is 5.21 Å². The van der Waals surface area contributed by atoms with Crippen molar-refractivity contribution in [2.24, 2.45) is 5.92 Å². The Hall–Kier alpha value is -4.11. The number of ether oxygens (including phenoxy) is 1. The SMILES string of the molecule is CC[C@H](C)[C@H](NC(=O)CCC(=O)O)C(=O)NCC(=O)N1C[C@H](OC(C)=O)C[C@H]1C(=O)NCc1nn[nH]n1. The van der Waals surface area contributed by atoms with E-state index in [9.17, 15) is 28.8 Å². The number of tetrazole rings is 1. The zero-order chi connectivity index (χ0) is 27.5. The first-order valence-electron chi connectivity index (χ1n) is 11.8. The van der Waals surface area contributed by atoms with E-state index in [2.05, 4.69) is 36.6 Å². The van der Waals surface area contributed by atoms with E-state index in [0.717, 1.165) is 0 Å². The van der Waals surface area contributed by atoms with Crippen molar-refractivity contribution in [2.75, 3.05) is 13.1 Å². The largest absolute Gasteiger partial charge is 0.481 e. The van der Waals surface area contributed by atoms with Crippen molar-refractivity contribution in [3.05, 3.63) is 5.82 Å². The number of rotatable bonds is 13. The fraction of sp³-hybridized carbons (Fsp3) is 0.667. The Morgan fingerprint density at radius 1 is 1.19 bits per heavy atom. The lowest BCUT2D eigenvalue weighted by molar-refractivity contribution is -0.146. The number of carbonyl (C=O) groups excluding carboxylic acids is 5. The number of aromatic amines is 1. The predicted molar refractivity (Wildman–Crippen MR) is 123 cm³/mol. The van der Waals surface area contributed by atoms with Crippen LogP contribution in [0.1, 0.15) is 52.3 Å². The van der Waals surface area contributed by atoms with Gasteiger partial charge in [-0.05, 0) is 5.92 Å². The quantitative estimate of drug-likeness (QED) is 0.175. The van der Waals surface area contributed by atoms with Crippen LogP contribution in [-0.2, 0) is 40.0 Å². The Morgan fingerprint density at radius 3 is 2.51 bits per heavy atom. The summed E-state index contributed by atoms with van der Waals surface area (Å²) in [6.45, 7) is 4.21. The van der Waals surface area contributed by atoms with Crippen molar-refractivity contribution in [3.63, 3.8) is 0 Å². The highest BCUT2D eigenvalue weighted by molar-refractivity contribution is 5.93. The molecule has 4 amide bonds. The van der Waals surface area contributed by atoms with Gasteiger partial charge in [0.05, 0.1) is 26.1 Å².